The first-order chi connectivity index (χ1) is 7.81. The van der Waals surface area contributed by atoms with Crippen molar-refractivity contribution in [2.24, 2.45) is 0 Å². The maximum Gasteiger partial charge on any atom is 0.339 e. The largest absolute Gasteiger partial charge is 0.465 e. The lowest BCUT2D eigenvalue weighted by atomic mass is 10.2. The minimum atomic E-state index is -0.303. The maximum absolute atomic E-state index is 11.5. The first kappa shape index (κ1) is 11.1. The van der Waals surface area contributed by atoms with Crippen molar-refractivity contribution in [1.82, 2.24) is 9.88 Å². The Balaban J connectivity index is 2.15. The van der Waals surface area contributed by atoms with Crippen molar-refractivity contribution in [1.29, 1.82) is 0 Å². The van der Waals surface area contributed by atoms with Gasteiger partial charge in [-0.3, -0.25) is 9.88 Å². The number of hydrogen-bond donors (Lipinski definition) is 0. The fourth-order valence-electron chi connectivity index (χ4n) is 2.01. The number of rotatable bonds is 3. The fraction of sp³-hybridized carbons (Fsp3) is 0.500. The first-order valence-electron chi connectivity index (χ1n) is 5.56. The smallest absolute Gasteiger partial charge is 0.339 e. The van der Waals surface area contributed by atoms with E-state index in [2.05, 4.69) is 9.88 Å². The lowest BCUT2D eigenvalue weighted by Gasteiger charge is -2.15. The molecular weight excluding hydrogens is 204 g/mol. The van der Waals surface area contributed by atoms with Crippen LogP contribution in [0.5, 0.6) is 0 Å². The Kier molecular flexibility index (Phi) is 3.51. The van der Waals surface area contributed by atoms with Crippen LogP contribution in [-0.2, 0) is 11.3 Å². The van der Waals surface area contributed by atoms with Crippen LogP contribution >= 0.6 is 0 Å². The normalized spacial score (nSPS) is 16.3. The number of carbonyl (C=O) groups is 1. The van der Waals surface area contributed by atoms with Crippen LogP contribution < -0.4 is 0 Å². The number of likely N-dealkylation sites (tertiary alicyclic amines) is 1. The second-order valence-corrected chi connectivity index (χ2v) is 3.97. The summed E-state index contributed by atoms with van der Waals surface area (Å²) < 4.78 is 4.74. The van der Waals surface area contributed by atoms with Crippen molar-refractivity contribution in [2.75, 3.05) is 20.2 Å². The molecule has 0 amide bonds. The molecule has 1 saturated heterocycles. The third kappa shape index (κ3) is 2.39. The Hall–Kier alpha value is -1.42. The summed E-state index contributed by atoms with van der Waals surface area (Å²) in [5, 5.41) is 0. The Morgan fingerprint density at radius 3 is 2.94 bits per heavy atom. The minimum Gasteiger partial charge on any atom is -0.465 e. The number of methoxy groups -OCH3 is 1. The highest BCUT2D eigenvalue weighted by molar-refractivity contribution is 5.90. The monoisotopic (exact) mass is 220 g/mol. The van der Waals surface area contributed by atoms with E-state index in [0.29, 0.717) is 5.56 Å². The van der Waals surface area contributed by atoms with Gasteiger partial charge in [0, 0.05) is 12.7 Å². The average Bonchev–Trinajstić information content (AvgIpc) is 2.82. The van der Waals surface area contributed by atoms with Crippen LogP contribution in [0.4, 0.5) is 0 Å². The molecule has 0 bridgehead atoms. The number of esters is 1. The van der Waals surface area contributed by atoms with E-state index in [9.17, 15) is 4.79 Å². The third-order valence-corrected chi connectivity index (χ3v) is 2.87. The molecule has 0 aliphatic carbocycles. The van der Waals surface area contributed by atoms with E-state index >= 15 is 0 Å². The molecule has 1 fully saturated rings. The van der Waals surface area contributed by atoms with E-state index in [1.54, 1.807) is 18.3 Å². The second kappa shape index (κ2) is 5.07. The van der Waals surface area contributed by atoms with Crippen LogP contribution in [0, 0.1) is 0 Å². The summed E-state index contributed by atoms with van der Waals surface area (Å²) in [7, 11) is 1.40. The maximum atomic E-state index is 11.5. The molecule has 0 unspecified atom stereocenters. The van der Waals surface area contributed by atoms with E-state index in [4.69, 9.17) is 4.74 Å². The first-order valence-corrected chi connectivity index (χ1v) is 5.56. The van der Waals surface area contributed by atoms with Gasteiger partial charge in [0.15, 0.2) is 0 Å². The molecule has 0 atom stereocenters. The van der Waals surface area contributed by atoms with Crippen molar-refractivity contribution < 1.29 is 9.53 Å². The summed E-state index contributed by atoms with van der Waals surface area (Å²) in [5.74, 6) is -0.303. The number of ether oxygens (including phenoxy) is 1. The van der Waals surface area contributed by atoms with Gasteiger partial charge < -0.3 is 4.74 Å². The van der Waals surface area contributed by atoms with Gasteiger partial charge in [0.1, 0.15) is 0 Å². The zero-order valence-electron chi connectivity index (χ0n) is 9.48. The van der Waals surface area contributed by atoms with Gasteiger partial charge in [0.05, 0.1) is 18.4 Å². The van der Waals surface area contributed by atoms with Crippen molar-refractivity contribution >= 4 is 5.97 Å². The number of aromatic nitrogens is 1. The van der Waals surface area contributed by atoms with Crippen LogP contribution in [0.25, 0.3) is 0 Å². The lowest BCUT2D eigenvalue weighted by molar-refractivity contribution is 0.0597. The van der Waals surface area contributed by atoms with Crippen molar-refractivity contribution in [2.45, 2.75) is 19.4 Å². The molecule has 1 aromatic heterocycles. The van der Waals surface area contributed by atoms with Gasteiger partial charge >= 0.3 is 5.97 Å². The zero-order chi connectivity index (χ0) is 11.4. The molecule has 16 heavy (non-hydrogen) atoms. The Morgan fingerprint density at radius 1 is 1.50 bits per heavy atom. The molecule has 4 heteroatoms. The van der Waals surface area contributed by atoms with Crippen LogP contribution in [0.3, 0.4) is 0 Å². The van der Waals surface area contributed by atoms with Crippen molar-refractivity contribution in [3.63, 3.8) is 0 Å². The summed E-state index contributed by atoms with van der Waals surface area (Å²) in [6.07, 6.45) is 4.19. The quantitative estimate of drug-likeness (QED) is 0.723. The van der Waals surface area contributed by atoms with Gasteiger partial charge in [0.2, 0.25) is 0 Å². The van der Waals surface area contributed by atoms with Gasteiger partial charge in [-0.25, -0.2) is 4.79 Å². The number of pyridine rings is 1. The SMILES string of the molecule is COC(=O)c1cccnc1CN1CCCC1. The van der Waals surface area contributed by atoms with E-state index in [1.165, 1.54) is 20.0 Å². The van der Waals surface area contributed by atoms with Crippen molar-refractivity contribution in [3.05, 3.63) is 29.6 Å². The molecule has 0 radical (unpaired) electrons. The Labute approximate surface area is 95.2 Å². The van der Waals surface area contributed by atoms with Crippen LogP contribution in [0.1, 0.15) is 28.9 Å². The second-order valence-electron chi connectivity index (χ2n) is 3.97. The third-order valence-electron chi connectivity index (χ3n) is 2.87. The number of nitrogens with zero attached hydrogens (tertiary/aromatic N) is 2. The summed E-state index contributed by atoms with van der Waals surface area (Å²) in [6.45, 7) is 2.93. The molecular formula is C12H16N2O2. The van der Waals surface area contributed by atoms with E-state index in [-0.39, 0.29) is 5.97 Å². The van der Waals surface area contributed by atoms with Crippen LogP contribution in [-0.4, -0.2) is 36.1 Å². The molecule has 0 aromatic carbocycles. The zero-order valence-corrected chi connectivity index (χ0v) is 9.48. The molecule has 0 N–H and O–H groups in total. The number of carbonyl (C=O) groups excluding carboxylic acids is 1. The molecule has 2 rings (SSSR count). The lowest BCUT2D eigenvalue weighted by Crippen LogP contribution is -2.21. The molecule has 1 aliphatic heterocycles. The molecule has 86 valence electrons. The molecule has 0 saturated carbocycles. The Bertz CT molecular complexity index is 373. The summed E-state index contributed by atoms with van der Waals surface area (Å²) in [4.78, 5) is 18.1. The van der Waals surface area contributed by atoms with Crippen molar-refractivity contribution in [3.8, 4) is 0 Å². The van der Waals surface area contributed by atoms with Crippen LogP contribution in [0.15, 0.2) is 18.3 Å². The highest BCUT2D eigenvalue weighted by Crippen LogP contribution is 2.14. The van der Waals surface area contributed by atoms with Gasteiger partial charge in [-0.15, -0.1) is 0 Å². The minimum absolute atomic E-state index is 0.303. The average molecular weight is 220 g/mol. The molecule has 4 nitrogen and oxygen atoms in total. The summed E-state index contributed by atoms with van der Waals surface area (Å²) in [5.41, 5.74) is 1.40. The highest BCUT2D eigenvalue weighted by atomic mass is 16.5. The van der Waals surface area contributed by atoms with Gasteiger partial charge in [-0.1, -0.05) is 0 Å². The highest BCUT2D eigenvalue weighted by Gasteiger charge is 2.17. The predicted octanol–water partition coefficient (Wildman–Crippen LogP) is 1.46. The molecule has 1 aromatic rings. The molecule has 2 heterocycles. The summed E-state index contributed by atoms with van der Waals surface area (Å²) in [6, 6.07) is 3.53. The standard InChI is InChI=1S/C12H16N2O2/c1-16-12(15)10-5-4-6-13-11(10)9-14-7-2-3-8-14/h4-6H,2-3,7-9H2,1H3. The molecule has 0 spiro atoms. The van der Waals surface area contributed by atoms with Crippen LogP contribution in [0.2, 0.25) is 0 Å². The predicted molar refractivity (Wildman–Crippen MR) is 60.1 cm³/mol. The van der Waals surface area contributed by atoms with Gasteiger partial charge in [-0.2, -0.15) is 0 Å². The van der Waals surface area contributed by atoms with E-state index in [0.717, 1.165) is 25.3 Å². The van der Waals surface area contributed by atoms with E-state index in [1.807, 2.05) is 0 Å². The molecule has 1 aliphatic rings. The summed E-state index contributed by atoms with van der Waals surface area (Å²) >= 11 is 0. The number of hydrogen-bond acceptors (Lipinski definition) is 4. The fourth-order valence-corrected chi connectivity index (χ4v) is 2.01. The van der Waals surface area contributed by atoms with Gasteiger partial charge in [-0.05, 0) is 38.1 Å². The topological polar surface area (TPSA) is 42.4 Å². The van der Waals surface area contributed by atoms with E-state index < -0.39 is 0 Å². The Morgan fingerprint density at radius 2 is 2.25 bits per heavy atom. The van der Waals surface area contributed by atoms with Gasteiger partial charge in [0.25, 0.3) is 0 Å².